The Bertz CT molecular complexity index is 566. The molecule has 0 saturated carbocycles. The highest BCUT2D eigenvalue weighted by Gasteiger charge is 2.23. The second-order valence-electron chi connectivity index (χ2n) is 5.35. The Kier molecular flexibility index (Phi) is 6.97. The van der Waals surface area contributed by atoms with Crippen LogP contribution >= 0.6 is 0 Å². The van der Waals surface area contributed by atoms with Crippen LogP contribution < -0.4 is 5.32 Å². The Labute approximate surface area is 136 Å². The zero-order valence-electron chi connectivity index (χ0n) is 13.4. The van der Waals surface area contributed by atoms with Gasteiger partial charge in [-0.3, -0.25) is 9.69 Å². The third-order valence-corrected chi connectivity index (χ3v) is 3.74. The van der Waals surface area contributed by atoms with Crippen molar-refractivity contribution in [3.05, 3.63) is 60.0 Å². The van der Waals surface area contributed by atoms with Crippen LogP contribution in [0, 0.1) is 5.82 Å². The van der Waals surface area contributed by atoms with Crippen LogP contribution in [0.2, 0.25) is 0 Å². The molecule has 2 rings (SSSR count). The molecule has 1 aliphatic rings. The van der Waals surface area contributed by atoms with Gasteiger partial charge in [-0.1, -0.05) is 30.4 Å². The quantitative estimate of drug-likeness (QED) is 0.647. The fraction of sp³-hybridized carbons (Fsp3) is 0.389. The molecule has 0 radical (unpaired) electrons. The van der Waals surface area contributed by atoms with Crippen LogP contribution in [0.15, 0.2) is 48.6 Å². The van der Waals surface area contributed by atoms with Crippen molar-refractivity contribution in [1.29, 1.82) is 0 Å². The Hall–Kier alpha value is -1.98. The van der Waals surface area contributed by atoms with E-state index in [0.29, 0.717) is 19.8 Å². The molecule has 1 atom stereocenters. The number of nitrogens with one attached hydrogen (secondary N) is 1. The first kappa shape index (κ1) is 17.4. The third-order valence-electron chi connectivity index (χ3n) is 3.74. The van der Waals surface area contributed by atoms with Crippen LogP contribution in [-0.4, -0.2) is 43.7 Å². The van der Waals surface area contributed by atoms with Gasteiger partial charge in [0.05, 0.1) is 19.3 Å². The molecule has 0 unspecified atom stereocenters. The topological polar surface area (TPSA) is 41.6 Å². The Morgan fingerprint density at radius 2 is 2.17 bits per heavy atom. The van der Waals surface area contributed by atoms with Gasteiger partial charge in [0.1, 0.15) is 5.82 Å². The van der Waals surface area contributed by atoms with Gasteiger partial charge in [0.25, 0.3) is 0 Å². The van der Waals surface area contributed by atoms with E-state index in [-0.39, 0.29) is 17.8 Å². The standard InChI is InChI=1S/C18H23FN2O2/c1-2-3-4-8-18(22)20-14-17(21-9-11-23-12-10-21)15-6-5-7-16(19)13-15/h2-8,13,17H,9-12,14H2,1H3,(H,20,22)/b3-2+,8-4+/t17-/m1/s1. The number of benzene rings is 1. The molecular weight excluding hydrogens is 295 g/mol. The molecule has 1 aromatic rings. The molecular formula is C18H23FN2O2. The number of hydrogen-bond acceptors (Lipinski definition) is 3. The van der Waals surface area contributed by atoms with Gasteiger partial charge in [-0.05, 0) is 24.6 Å². The molecule has 1 amide bonds. The zero-order valence-corrected chi connectivity index (χ0v) is 13.4. The number of amides is 1. The van der Waals surface area contributed by atoms with Crippen molar-refractivity contribution >= 4 is 5.91 Å². The van der Waals surface area contributed by atoms with Crippen molar-refractivity contribution in [2.24, 2.45) is 0 Å². The largest absolute Gasteiger partial charge is 0.379 e. The number of hydrogen-bond donors (Lipinski definition) is 1. The molecule has 0 aliphatic carbocycles. The van der Waals surface area contributed by atoms with Crippen LogP contribution in [0.1, 0.15) is 18.5 Å². The molecule has 1 heterocycles. The van der Waals surface area contributed by atoms with Gasteiger partial charge in [-0.15, -0.1) is 0 Å². The predicted molar refractivity (Wildman–Crippen MR) is 88.5 cm³/mol. The summed E-state index contributed by atoms with van der Waals surface area (Å²) < 4.78 is 18.9. The average Bonchev–Trinajstić information content (AvgIpc) is 2.56. The van der Waals surface area contributed by atoms with E-state index in [2.05, 4.69) is 10.2 Å². The van der Waals surface area contributed by atoms with E-state index in [1.54, 1.807) is 18.2 Å². The van der Waals surface area contributed by atoms with Crippen molar-refractivity contribution in [2.45, 2.75) is 13.0 Å². The lowest BCUT2D eigenvalue weighted by molar-refractivity contribution is -0.116. The minimum Gasteiger partial charge on any atom is -0.379 e. The molecule has 23 heavy (non-hydrogen) atoms. The molecule has 1 aliphatic heterocycles. The van der Waals surface area contributed by atoms with Gasteiger partial charge >= 0.3 is 0 Å². The number of carbonyl (C=O) groups excluding carboxylic acids is 1. The lowest BCUT2D eigenvalue weighted by Gasteiger charge is -2.34. The van der Waals surface area contributed by atoms with E-state index in [1.165, 1.54) is 18.2 Å². The van der Waals surface area contributed by atoms with Crippen LogP contribution in [0.5, 0.6) is 0 Å². The summed E-state index contributed by atoms with van der Waals surface area (Å²) in [5.41, 5.74) is 0.865. The number of carbonyl (C=O) groups is 1. The van der Waals surface area contributed by atoms with Crippen LogP contribution in [0.3, 0.4) is 0 Å². The molecule has 1 fully saturated rings. The van der Waals surface area contributed by atoms with E-state index in [9.17, 15) is 9.18 Å². The summed E-state index contributed by atoms with van der Waals surface area (Å²) in [5, 5.41) is 2.89. The van der Waals surface area contributed by atoms with Gasteiger partial charge in [-0.25, -0.2) is 4.39 Å². The van der Waals surface area contributed by atoms with E-state index in [0.717, 1.165) is 18.7 Å². The summed E-state index contributed by atoms with van der Waals surface area (Å²) in [7, 11) is 0. The summed E-state index contributed by atoms with van der Waals surface area (Å²) >= 11 is 0. The number of morpholine rings is 1. The van der Waals surface area contributed by atoms with Gasteiger partial charge in [0.2, 0.25) is 5.91 Å². The minimum atomic E-state index is -0.264. The van der Waals surface area contributed by atoms with Crippen molar-refractivity contribution < 1.29 is 13.9 Å². The molecule has 0 bridgehead atoms. The second-order valence-corrected chi connectivity index (χ2v) is 5.35. The number of nitrogens with zero attached hydrogens (tertiary/aromatic N) is 1. The minimum absolute atomic E-state index is 0.0614. The maximum absolute atomic E-state index is 13.5. The van der Waals surface area contributed by atoms with Crippen LogP contribution in [0.4, 0.5) is 4.39 Å². The Morgan fingerprint density at radius 3 is 2.87 bits per heavy atom. The predicted octanol–water partition coefficient (Wildman–Crippen LogP) is 2.45. The molecule has 0 spiro atoms. The molecule has 1 saturated heterocycles. The second kappa shape index (κ2) is 9.22. The molecule has 5 heteroatoms. The van der Waals surface area contributed by atoms with Crippen molar-refractivity contribution in [3.8, 4) is 0 Å². The van der Waals surface area contributed by atoms with Gasteiger partial charge in [0.15, 0.2) is 0 Å². The zero-order chi connectivity index (χ0) is 16.5. The summed E-state index contributed by atoms with van der Waals surface area (Å²) in [4.78, 5) is 14.1. The number of ether oxygens (including phenoxy) is 1. The number of halogens is 1. The fourth-order valence-electron chi connectivity index (χ4n) is 2.57. The smallest absolute Gasteiger partial charge is 0.244 e. The van der Waals surface area contributed by atoms with E-state index >= 15 is 0 Å². The average molecular weight is 318 g/mol. The summed E-state index contributed by atoms with van der Waals surface area (Å²) in [5.74, 6) is -0.419. The van der Waals surface area contributed by atoms with Gasteiger partial charge in [-0.2, -0.15) is 0 Å². The van der Waals surface area contributed by atoms with Gasteiger partial charge in [0, 0.05) is 25.7 Å². The highest BCUT2D eigenvalue weighted by Crippen LogP contribution is 2.22. The maximum Gasteiger partial charge on any atom is 0.244 e. The maximum atomic E-state index is 13.5. The normalized spacial score (nSPS) is 17.7. The lowest BCUT2D eigenvalue weighted by atomic mass is 10.0. The first-order valence-corrected chi connectivity index (χ1v) is 7.85. The first-order valence-electron chi connectivity index (χ1n) is 7.85. The summed E-state index contributed by atoms with van der Waals surface area (Å²) in [6.07, 6.45) is 6.84. The van der Waals surface area contributed by atoms with Crippen LogP contribution in [-0.2, 0) is 9.53 Å². The molecule has 0 aromatic heterocycles. The highest BCUT2D eigenvalue weighted by atomic mass is 19.1. The van der Waals surface area contributed by atoms with E-state index in [1.807, 2.05) is 19.1 Å². The third kappa shape index (κ3) is 5.62. The number of rotatable bonds is 6. The SMILES string of the molecule is C/C=C/C=C/C(=O)NC[C@H](c1cccc(F)c1)N1CCOCC1. The molecule has 4 nitrogen and oxygen atoms in total. The highest BCUT2D eigenvalue weighted by molar-refractivity contribution is 5.87. The Morgan fingerprint density at radius 1 is 1.39 bits per heavy atom. The van der Waals surface area contributed by atoms with Crippen LogP contribution in [0.25, 0.3) is 0 Å². The summed E-state index contributed by atoms with van der Waals surface area (Å²) in [6, 6.07) is 6.49. The Balaban J connectivity index is 2.05. The number of allylic oxidation sites excluding steroid dienone is 3. The monoisotopic (exact) mass is 318 g/mol. The molecule has 1 aromatic carbocycles. The lowest BCUT2D eigenvalue weighted by Crippen LogP contribution is -2.43. The first-order chi connectivity index (χ1) is 11.2. The fourth-order valence-corrected chi connectivity index (χ4v) is 2.57. The van der Waals surface area contributed by atoms with Gasteiger partial charge < -0.3 is 10.1 Å². The van der Waals surface area contributed by atoms with Crippen molar-refractivity contribution in [1.82, 2.24) is 10.2 Å². The van der Waals surface area contributed by atoms with E-state index in [4.69, 9.17) is 4.74 Å². The summed E-state index contributed by atoms with van der Waals surface area (Å²) in [6.45, 7) is 5.17. The van der Waals surface area contributed by atoms with Crippen molar-refractivity contribution in [2.75, 3.05) is 32.8 Å². The van der Waals surface area contributed by atoms with Crippen molar-refractivity contribution in [3.63, 3.8) is 0 Å². The van der Waals surface area contributed by atoms with E-state index < -0.39 is 0 Å². The molecule has 124 valence electrons. The molecule has 1 N–H and O–H groups in total.